The number of ether oxygens (including phenoxy) is 5. The molecule has 142 valence electrons. The van der Waals surface area contributed by atoms with Gasteiger partial charge in [-0.05, 0) is 6.92 Å². The van der Waals surface area contributed by atoms with Gasteiger partial charge in [0.05, 0.1) is 12.7 Å². The molecule has 10 nitrogen and oxygen atoms in total. The fourth-order valence-electron chi connectivity index (χ4n) is 2.96. The zero-order chi connectivity index (χ0) is 18.0. The molecule has 0 aromatic carbocycles. The Morgan fingerprint density at radius 3 is 2.08 bits per heavy atom. The minimum absolute atomic E-state index is 0.0359. The molecule has 2 saturated heterocycles. The van der Waals surface area contributed by atoms with Crippen LogP contribution in [0.4, 0.5) is 0 Å². The van der Waals surface area contributed by atoms with Crippen molar-refractivity contribution < 1.29 is 49.2 Å². The highest BCUT2D eigenvalue weighted by molar-refractivity contribution is 4.93. The van der Waals surface area contributed by atoms with Gasteiger partial charge in [0.2, 0.25) is 0 Å². The van der Waals surface area contributed by atoms with Crippen molar-refractivity contribution in [3.05, 3.63) is 0 Å². The molecule has 0 aromatic heterocycles. The molecule has 0 aromatic rings. The lowest BCUT2D eigenvalue weighted by molar-refractivity contribution is -0.353. The van der Waals surface area contributed by atoms with E-state index in [1.807, 2.05) is 0 Å². The van der Waals surface area contributed by atoms with E-state index < -0.39 is 61.4 Å². The molecule has 0 bridgehead atoms. The van der Waals surface area contributed by atoms with Crippen LogP contribution in [-0.4, -0.2) is 108 Å². The molecule has 5 N–H and O–H groups in total. The van der Waals surface area contributed by atoms with E-state index in [0.29, 0.717) is 0 Å². The van der Waals surface area contributed by atoms with Crippen molar-refractivity contribution in [2.45, 2.75) is 68.3 Å². The summed E-state index contributed by atoms with van der Waals surface area (Å²) in [5.41, 5.74) is 0. The Hall–Kier alpha value is -0.400. The predicted octanol–water partition coefficient (Wildman–Crippen LogP) is -3.06. The average Bonchev–Trinajstić information content (AvgIpc) is 2.54. The van der Waals surface area contributed by atoms with Crippen LogP contribution >= 0.6 is 0 Å². The minimum Gasteiger partial charge on any atom is -0.387 e. The molecule has 0 spiro atoms. The van der Waals surface area contributed by atoms with Gasteiger partial charge in [0.15, 0.2) is 12.6 Å². The molecular weight excluding hydrogens is 328 g/mol. The predicted molar refractivity (Wildman–Crippen MR) is 76.8 cm³/mol. The molecule has 2 aliphatic heterocycles. The minimum atomic E-state index is -1.56. The SMILES string of the molecule is COC[C@H]1O[C@@H](O[C@@H]2[C@@H](O)[C@@H](O)C(O)O[C@H]2C)[C@H](O)[C@@H](OC)[C@@H]1O. The zero-order valence-corrected chi connectivity index (χ0v) is 13.8. The number of hydrogen-bond donors (Lipinski definition) is 5. The molecule has 0 radical (unpaired) electrons. The molecule has 10 heteroatoms. The second-order valence-electron chi connectivity index (χ2n) is 5.99. The van der Waals surface area contributed by atoms with Crippen LogP contribution < -0.4 is 0 Å². The quantitative estimate of drug-likeness (QED) is 0.345. The molecular formula is C14H26O10. The van der Waals surface area contributed by atoms with Crippen molar-refractivity contribution in [1.82, 2.24) is 0 Å². The Bertz CT molecular complexity index is 396. The largest absolute Gasteiger partial charge is 0.387 e. The Balaban J connectivity index is 2.11. The van der Waals surface area contributed by atoms with Crippen molar-refractivity contribution in [3.8, 4) is 0 Å². The van der Waals surface area contributed by atoms with Crippen LogP contribution in [0.2, 0.25) is 0 Å². The second-order valence-corrected chi connectivity index (χ2v) is 5.99. The molecule has 24 heavy (non-hydrogen) atoms. The first-order chi connectivity index (χ1) is 11.3. The Labute approximate surface area is 139 Å². The fraction of sp³-hybridized carbons (Fsp3) is 1.00. The maximum atomic E-state index is 10.3. The van der Waals surface area contributed by atoms with Gasteiger partial charge in [0.25, 0.3) is 0 Å². The van der Waals surface area contributed by atoms with Crippen molar-refractivity contribution in [3.63, 3.8) is 0 Å². The summed E-state index contributed by atoms with van der Waals surface area (Å²) in [5.74, 6) is 0. The van der Waals surface area contributed by atoms with Gasteiger partial charge in [0, 0.05) is 14.2 Å². The smallest absolute Gasteiger partial charge is 0.187 e. The van der Waals surface area contributed by atoms with E-state index in [2.05, 4.69) is 0 Å². The summed E-state index contributed by atoms with van der Waals surface area (Å²) < 4.78 is 26.2. The van der Waals surface area contributed by atoms with Crippen LogP contribution in [0.25, 0.3) is 0 Å². The summed E-state index contributed by atoms with van der Waals surface area (Å²) in [6.07, 6.45) is -11.9. The molecule has 0 amide bonds. The molecule has 0 saturated carbocycles. The third kappa shape index (κ3) is 3.88. The van der Waals surface area contributed by atoms with Crippen LogP contribution in [-0.2, 0) is 23.7 Å². The van der Waals surface area contributed by atoms with Crippen LogP contribution in [0.5, 0.6) is 0 Å². The summed E-state index contributed by atoms with van der Waals surface area (Å²) in [6.45, 7) is 1.57. The molecule has 10 atom stereocenters. The second kappa shape index (κ2) is 8.32. The van der Waals surface area contributed by atoms with Gasteiger partial charge in [-0.25, -0.2) is 0 Å². The highest BCUT2D eigenvalue weighted by Gasteiger charge is 2.49. The summed E-state index contributed by atoms with van der Waals surface area (Å²) in [4.78, 5) is 0. The monoisotopic (exact) mass is 354 g/mol. The van der Waals surface area contributed by atoms with Gasteiger partial charge in [-0.15, -0.1) is 0 Å². The molecule has 2 fully saturated rings. The number of hydrogen-bond acceptors (Lipinski definition) is 10. The standard InChI is InChI=1S/C14H26O10/c1-5-11(8(16)9(17)13(19)22-5)24-14-10(18)12(21-3)7(15)6(23-14)4-20-2/h5-19H,4H2,1-3H3/t5-,6+,7+,8-,9+,10+,11-,12-,13?,14-/m0/s1. The van der Waals surface area contributed by atoms with Crippen LogP contribution in [0.15, 0.2) is 0 Å². The van der Waals surface area contributed by atoms with Crippen molar-refractivity contribution >= 4 is 0 Å². The molecule has 0 aliphatic carbocycles. The Morgan fingerprint density at radius 1 is 0.833 bits per heavy atom. The lowest BCUT2D eigenvalue weighted by atomic mass is 9.97. The summed E-state index contributed by atoms with van der Waals surface area (Å²) in [6, 6.07) is 0. The zero-order valence-electron chi connectivity index (χ0n) is 13.8. The van der Waals surface area contributed by atoms with Crippen molar-refractivity contribution in [2.24, 2.45) is 0 Å². The third-order valence-corrected chi connectivity index (χ3v) is 4.33. The average molecular weight is 354 g/mol. The lowest BCUT2D eigenvalue weighted by Gasteiger charge is -2.45. The first kappa shape index (κ1) is 19.9. The molecule has 2 rings (SSSR count). The van der Waals surface area contributed by atoms with Gasteiger partial charge in [-0.2, -0.15) is 0 Å². The van der Waals surface area contributed by atoms with Crippen LogP contribution in [0.3, 0.4) is 0 Å². The van der Waals surface area contributed by atoms with Crippen molar-refractivity contribution in [1.29, 1.82) is 0 Å². The molecule has 2 heterocycles. The first-order valence-electron chi connectivity index (χ1n) is 7.70. The third-order valence-electron chi connectivity index (χ3n) is 4.33. The van der Waals surface area contributed by atoms with Gasteiger partial charge in [-0.3, -0.25) is 0 Å². The maximum absolute atomic E-state index is 10.3. The lowest BCUT2D eigenvalue weighted by Crippen LogP contribution is -2.64. The number of methoxy groups -OCH3 is 2. The first-order valence-corrected chi connectivity index (χ1v) is 7.70. The molecule has 1 unspecified atom stereocenters. The van der Waals surface area contributed by atoms with E-state index in [0.717, 1.165) is 0 Å². The summed E-state index contributed by atoms with van der Waals surface area (Å²) in [7, 11) is 2.75. The van der Waals surface area contributed by atoms with Crippen molar-refractivity contribution in [2.75, 3.05) is 20.8 Å². The van der Waals surface area contributed by atoms with E-state index in [1.165, 1.54) is 21.1 Å². The van der Waals surface area contributed by atoms with E-state index in [-0.39, 0.29) is 6.61 Å². The topological polar surface area (TPSA) is 147 Å². The van der Waals surface area contributed by atoms with Crippen LogP contribution in [0, 0.1) is 0 Å². The molecule has 2 aliphatic rings. The maximum Gasteiger partial charge on any atom is 0.187 e. The number of aliphatic hydroxyl groups excluding tert-OH is 5. The van der Waals surface area contributed by atoms with Gasteiger partial charge >= 0.3 is 0 Å². The van der Waals surface area contributed by atoms with E-state index in [9.17, 15) is 25.5 Å². The van der Waals surface area contributed by atoms with E-state index in [4.69, 9.17) is 23.7 Å². The van der Waals surface area contributed by atoms with Gasteiger partial charge in [0.1, 0.15) is 42.7 Å². The Kier molecular flexibility index (Phi) is 6.90. The van der Waals surface area contributed by atoms with Crippen LogP contribution in [0.1, 0.15) is 6.92 Å². The number of rotatable bonds is 5. The summed E-state index contributed by atoms with van der Waals surface area (Å²) >= 11 is 0. The number of aliphatic hydroxyl groups is 5. The highest BCUT2D eigenvalue weighted by Crippen LogP contribution is 2.29. The fourth-order valence-corrected chi connectivity index (χ4v) is 2.96. The Morgan fingerprint density at radius 2 is 1.50 bits per heavy atom. The summed E-state index contributed by atoms with van der Waals surface area (Å²) in [5, 5.41) is 49.7. The highest BCUT2D eigenvalue weighted by atomic mass is 16.7. The van der Waals surface area contributed by atoms with E-state index >= 15 is 0 Å². The van der Waals surface area contributed by atoms with E-state index in [1.54, 1.807) is 0 Å². The van der Waals surface area contributed by atoms with Gasteiger partial charge < -0.3 is 49.2 Å². The van der Waals surface area contributed by atoms with Gasteiger partial charge in [-0.1, -0.05) is 0 Å². The normalized spacial score (nSPS) is 50.0.